The second-order valence-electron chi connectivity index (χ2n) is 10.8. The van der Waals surface area contributed by atoms with Gasteiger partial charge in [0, 0.05) is 51.0 Å². The number of carbonyl (C=O) groups excluding carboxylic acids is 1. The summed E-state index contributed by atoms with van der Waals surface area (Å²) in [6.07, 6.45) is 3.71. The maximum absolute atomic E-state index is 12.8. The molecule has 2 aliphatic rings. The third kappa shape index (κ3) is 6.12. The number of carbonyl (C=O) groups is 1. The number of piperazine rings is 1. The molecular formula is C26H39N7O3. The predicted octanol–water partition coefficient (Wildman–Crippen LogP) is 0.291. The van der Waals surface area contributed by atoms with Crippen LogP contribution in [0.5, 0.6) is 0 Å². The number of nitrogens with zero attached hydrogens (tertiary/aromatic N) is 5. The number of aromatic nitrogens is 2. The quantitative estimate of drug-likeness (QED) is 0.519. The van der Waals surface area contributed by atoms with Crippen LogP contribution in [0.1, 0.15) is 38.7 Å². The van der Waals surface area contributed by atoms with Crippen LogP contribution in [0.2, 0.25) is 0 Å². The number of anilines is 1. The molecule has 4 rings (SSSR count). The first-order chi connectivity index (χ1) is 17.0. The maximum Gasteiger partial charge on any atom is 0.354 e. The van der Waals surface area contributed by atoms with Crippen LogP contribution in [-0.4, -0.2) is 87.3 Å². The summed E-state index contributed by atoms with van der Waals surface area (Å²) >= 11 is 0. The Kier molecular flexibility index (Phi) is 7.79. The van der Waals surface area contributed by atoms with Crippen molar-refractivity contribution in [2.24, 2.45) is 11.5 Å². The first-order valence-corrected chi connectivity index (χ1v) is 12.7. The van der Waals surface area contributed by atoms with Gasteiger partial charge in [-0.1, -0.05) is 12.1 Å². The van der Waals surface area contributed by atoms with Gasteiger partial charge in [0.2, 0.25) is 5.91 Å². The first kappa shape index (κ1) is 26.3. The van der Waals surface area contributed by atoms with E-state index < -0.39 is 5.54 Å². The number of amides is 1. The van der Waals surface area contributed by atoms with Gasteiger partial charge in [-0.15, -0.1) is 0 Å². The molecule has 2 fully saturated rings. The standard InChI is InChI=1S/C26H39N7O3/c1-26(2,28)24(35)32-12-10-31(11-13-32)23-8-9-33(25(36)29-23)20-6-4-18(5-7-20)17-30(3)21-14-19(27)15-22(34)16-21/h4-9,19,21-22,34H,10-17,27-28H2,1-3H3. The van der Waals surface area contributed by atoms with Crippen molar-refractivity contribution in [3.05, 3.63) is 52.6 Å². The maximum atomic E-state index is 12.8. The average Bonchev–Trinajstić information content (AvgIpc) is 2.83. The van der Waals surface area contributed by atoms with Crippen LogP contribution in [0.3, 0.4) is 0 Å². The van der Waals surface area contributed by atoms with Gasteiger partial charge in [0.15, 0.2) is 0 Å². The lowest BCUT2D eigenvalue weighted by Gasteiger charge is -2.38. The SMILES string of the molecule is CN(Cc1ccc(-n2ccc(N3CCN(C(=O)C(C)(C)N)CC3)nc2=O)cc1)C1CC(N)CC(O)C1. The van der Waals surface area contributed by atoms with E-state index in [-0.39, 0.29) is 29.8 Å². The third-order valence-electron chi connectivity index (χ3n) is 7.19. The second-order valence-corrected chi connectivity index (χ2v) is 10.8. The smallest absolute Gasteiger partial charge is 0.354 e. The fourth-order valence-corrected chi connectivity index (χ4v) is 5.15. The molecule has 1 amide bonds. The Hall–Kier alpha value is -2.79. The number of nitrogens with two attached hydrogens (primary N) is 2. The zero-order valence-corrected chi connectivity index (χ0v) is 21.5. The second kappa shape index (κ2) is 10.7. The lowest BCUT2D eigenvalue weighted by molar-refractivity contribution is -0.136. The minimum absolute atomic E-state index is 0.0374. The Morgan fingerprint density at radius 1 is 1.11 bits per heavy atom. The molecule has 36 heavy (non-hydrogen) atoms. The minimum Gasteiger partial charge on any atom is -0.393 e. The van der Waals surface area contributed by atoms with Crippen molar-refractivity contribution in [3.63, 3.8) is 0 Å². The zero-order chi connectivity index (χ0) is 26.0. The Morgan fingerprint density at radius 3 is 2.36 bits per heavy atom. The highest BCUT2D eigenvalue weighted by molar-refractivity contribution is 5.85. The molecule has 10 heteroatoms. The average molecular weight is 498 g/mol. The van der Waals surface area contributed by atoms with Crippen LogP contribution in [0.25, 0.3) is 5.69 Å². The highest BCUT2D eigenvalue weighted by Crippen LogP contribution is 2.23. The van der Waals surface area contributed by atoms with Crippen molar-refractivity contribution >= 4 is 11.7 Å². The van der Waals surface area contributed by atoms with Gasteiger partial charge in [-0.2, -0.15) is 4.98 Å². The van der Waals surface area contributed by atoms with Crippen molar-refractivity contribution in [2.45, 2.75) is 63.4 Å². The molecule has 2 heterocycles. The predicted molar refractivity (Wildman–Crippen MR) is 140 cm³/mol. The Morgan fingerprint density at radius 2 is 1.78 bits per heavy atom. The van der Waals surface area contributed by atoms with E-state index >= 15 is 0 Å². The Balaban J connectivity index is 1.37. The first-order valence-electron chi connectivity index (χ1n) is 12.7. The van der Waals surface area contributed by atoms with Crippen LogP contribution >= 0.6 is 0 Å². The van der Waals surface area contributed by atoms with Gasteiger partial charge < -0.3 is 26.4 Å². The summed E-state index contributed by atoms with van der Waals surface area (Å²) in [5, 5.41) is 10.1. The van der Waals surface area contributed by atoms with E-state index in [0.717, 1.165) is 30.6 Å². The summed E-state index contributed by atoms with van der Waals surface area (Å²) in [5.41, 5.74) is 12.7. The number of aliphatic hydroxyl groups is 1. The summed E-state index contributed by atoms with van der Waals surface area (Å²) < 4.78 is 1.53. The van der Waals surface area contributed by atoms with Gasteiger partial charge in [-0.25, -0.2) is 4.79 Å². The lowest BCUT2D eigenvalue weighted by atomic mass is 9.88. The highest BCUT2D eigenvalue weighted by Gasteiger charge is 2.31. The van der Waals surface area contributed by atoms with Gasteiger partial charge in [0.25, 0.3) is 0 Å². The molecule has 0 radical (unpaired) electrons. The Bertz CT molecular complexity index is 1090. The monoisotopic (exact) mass is 497 g/mol. The van der Waals surface area contributed by atoms with Crippen LogP contribution < -0.4 is 22.1 Å². The van der Waals surface area contributed by atoms with E-state index in [4.69, 9.17) is 11.5 Å². The largest absolute Gasteiger partial charge is 0.393 e. The van der Waals surface area contributed by atoms with Crippen LogP contribution in [0.4, 0.5) is 5.82 Å². The van der Waals surface area contributed by atoms with E-state index in [0.29, 0.717) is 38.4 Å². The molecule has 2 aromatic rings. The van der Waals surface area contributed by atoms with Gasteiger partial charge in [-0.3, -0.25) is 14.3 Å². The summed E-state index contributed by atoms with van der Waals surface area (Å²) in [5.74, 6) is 0.543. The molecule has 3 atom stereocenters. The lowest BCUT2D eigenvalue weighted by Crippen LogP contribution is -2.57. The van der Waals surface area contributed by atoms with Gasteiger partial charge in [-0.05, 0) is 63.9 Å². The Labute approximate surface area is 212 Å². The summed E-state index contributed by atoms with van der Waals surface area (Å²) in [7, 11) is 2.06. The van der Waals surface area contributed by atoms with Crippen molar-refractivity contribution in [2.75, 3.05) is 38.1 Å². The number of hydrogen-bond acceptors (Lipinski definition) is 8. The van der Waals surface area contributed by atoms with E-state index in [1.807, 2.05) is 35.2 Å². The van der Waals surface area contributed by atoms with E-state index in [1.54, 1.807) is 24.9 Å². The third-order valence-corrected chi connectivity index (χ3v) is 7.19. The summed E-state index contributed by atoms with van der Waals surface area (Å²) in [4.78, 5) is 35.5. The van der Waals surface area contributed by atoms with E-state index in [9.17, 15) is 14.7 Å². The summed E-state index contributed by atoms with van der Waals surface area (Å²) in [6, 6.07) is 10.0. The van der Waals surface area contributed by atoms with E-state index in [1.165, 1.54) is 4.57 Å². The normalized spacial score (nSPS) is 23.2. The minimum atomic E-state index is -0.891. The topological polar surface area (TPSA) is 134 Å². The highest BCUT2D eigenvalue weighted by atomic mass is 16.3. The number of aliphatic hydroxyl groups excluding tert-OH is 1. The van der Waals surface area contributed by atoms with Crippen molar-refractivity contribution in [1.29, 1.82) is 0 Å². The van der Waals surface area contributed by atoms with Crippen LogP contribution in [0.15, 0.2) is 41.3 Å². The van der Waals surface area contributed by atoms with Gasteiger partial charge in [0.1, 0.15) is 5.82 Å². The van der Waals surface area contributed by atoms with Crippen LogP contribution in [0, 0.1) is 0 Å². The molecule has 1 aromatic heterocycles. The molecule has 3 unspecified atom stereocenters. The number of benzene rings is 1. The zero-order valence-electron chi connectivity index (χ0n) is 21.5. The van der Waals surface area contributed by atoms with Crippen molar-refractivity contribution in [1.82, 2.24) is 19.4 Å². The molecule has 0 spiro atoms. The molecule has 196 valence electrons. The fraction of sp³-hybridized carbons (Fsp3) is 0.577. The van der Waals surface area contributed by atoms with Gasteiger partial charge in [0.05, 0.1) is 17.3 Å². The molecule has 1 saturated carbocycles. The molecule has 0 bridgehead atoms. The van der Waals surface area contributed by atoms with Crippen LogP contribution in [-0.2, 0) is 11.3 Å². The molecular weight excluding hydrogens is 458 g/mol. The van der Waals surface area contributed by atoms with Crippen molar-refractivity contribution < 1.29 is 9.90 Å². The van der Waals surface area contributed by atoms with E-state index in [2.05, 4.69) is 16.9 Å². The van der Waals surface area contributed by atoms with Gasteiger partial charge >= 0.3 is 5.69 Å². The molecule has 1 aliphatic heterocycles. The fourth-order valence-electron chi connectivity index (χ4n) is 5.15. The molecule has 10 nitrogen and oxygen atoms in total. The molecule has 1 aliphatic carbocycles. The molecule has 1 saturated heterocycles. The summed E-state index contributed by atoms with van der Waals surface area (Å²) in [6.45, 7) is 6.47. The van der Waals surface area contributed by atoms with Crippen molar-refractivity contribution in [3.8, 4) is 5.69 Å². The molecule has 5 N–H and O–H groups in total. The number of rotatable bonds is 6. The molecule has 1 aromatic carbocycles. The number of hydrogen-bond donors (Lipinski definition) is 3.